The van der Waals surface area contributed by atoms with Gasteiger partial charge in [0.15, 0.2) is 5.13 Å². The fourth-order valence-electron chi connectivity index (χ4n) is 3.11. The van der Waals surface area contributed by atoms with Crippen molar-refractivity contribution in [1.29, 1.82) is 0 Å². The van der Waals surface area contributed by atoms with Gasteiger partial charge in [0, 0.05) is 27.1 Å². The van der Waals surface area contributed by atoms with Crippen molar-refractivity contribution >= 4 is 46.6 Å². The summed E-state index contributed by atoms with van der Waals surface area (Å²) in [7, 11) is 0. The summed E-state index contributed by atoms with van der Waals surface area (Å²) in [6.45, 7) is 6.72. The van der Waals surface area contributed by atoms with E-state index in [1.165, 1.54) is 37.3 Å². The topological polar surface area (TPSA) is 83.1 Å². The molecule has 3 aromatic rings. The number of fused-ring (bicyclic) bond motifs is 1. The summed E-state index contributed by atoms with van der Waals surface area (Å²) in [6, 6.07) is 12.7. The smallest absolute Gasteiger partial charge is 0.257 e. The zero-order valence-electron chi connectivity index (χ0n) is 18.3. The summed E-state index contributed by atoms with van der Waals surface area (Å²) in [5.41, 5.74) is 4.06. The van der Waals surface area contributed by atoms with Crippen LogP contribution in [0.2, 0.25) is 0 Å². The lowest BCUT2D eigenvalue weighted by atomic mass is 10.1. The van der Waals surface area contributed by atoms with Crippen molar-refractivity contribution < 1.29 is 9.59 Å². The number of aromatic nitrogens is 1. The van der Waals surface area contributed by atoms with Gasteiger partial charge >= 0.3 is 0 Å². The van der Waals surface area contributed by atoms with Crippen LogP contribution in [0.5, 0.6) is 0 Å². The average Bonchev–Trinajstić information content (AvgIpc) is 3.40. The Morgan fingerprint density at radius 1 is 1.12 bits per heavy atom. The Morgan fingerprint density at radius 2 is 1.84 bits per heavy atom. The van der Waals surface area contributed by atoms with Crippen LogP contribution in [0.15, 0.2) is 52.7 Å². The van der Waals surface area contributed by atoms with Crippen LogP contribution in [0.25, 0.3) is 11.3 Å². The van der Waals surface area contributed by atoms with Gasteiger partial charge in [-0.25, -0.2) is 4.98 Å². The summed E-state index contributed by atoms with van der Waals surface area (Å²) in [6.07, 6.45) is 2.89. The molecule has 8 heteroatoms. The van der Waals surface area contributed by atoms with E-state index in [4.69, 9.17) is 0 Å². The van der Waals surface area contributed by atoms with Crippen LogP contribution < -0.4 is 16.0 Å². The van der Waals surface area contributed by atoms with Gasteiger partial charge in [0.25, 0.3) is 5.91 Å². The normalized spacial score (nSPS) is 11.9. The van der Waals surface area contributed by atoms with Crippen LogP contribution in [0, 0.1) is 0 Å². The van der Waals surface area contributed by atoms with Gasteiger partial charge in [-0.3, -0.25) is 14.9 Å². The third kappa shape index (κ3) is 6.66. The summed E-state index contributed by atoms with van der Waals surface area (Å²) in [5, 5.41) is 11.3. The van der Waals surface area contributed by atoms with Crippen LogP contribution >= 0.6 is 24.0 Å². The molecule has 3 N–H and O–H groups in total. The van der Waals surface area contributed by atoms with Crippen molar-refractivity contribution in [3.63, 3.8) is 0 Å². The van der Waals surface area contributed by atoms with E-state index in [1.807, 2.05) is 23.6 Å². The zero-order valence-corrected chi connectivity index (χ0v) is 20.0. The maximum Gasteiger partial charge on any atom is 0.257 e. The van der Waals surface area contributed by atoms with Gasteiger partial charge in [-0.2, -0.15) is 0 Å². The van der Waals surface area contributed by atoms with Gasteiger partial charge in [0.05, 0.1) is 12.1 Å². The number of carbonyl (C=O) groups is 2. The summed E-state index contributed by atoms with van der Waals surface area (Å²) in [5.74, 6) is -0.205. The van der Waals surface area contributed by atoms with Gasteiger partial charge in [0.2, 0.25) is 5.91 Å². The predicted octanol–water partition coefficient (Wildman–Crippen LogP) is 5.24. The Kier molecular flexibility index (Phi) is 8.84. The minimum absolute atomic E-state index is 0.00520. The third-order valence-electron chi connectivity index (χ3n) is 4.73. The molecule has 168 valence electrons. The molecule has 0 fully saturated rings. The molecule has 0 saturated carbocycles. The van der Waals surface area contributed by atoms with E-state index in [0.717, 1.165) is 27.4 Å². The molecule has 0 saturated heterocycles. The quantitative estimate of drug-likeness (QED) is 0.282. The number of anilines is 2. The molecule has 0 radical (unpaired) electrons. The molecule has 4 rings (SSSR count). The van der Waals surface area contributed by atoms with E-state index < -0.39 is 0 Å². The maximum atomic E-state index is 12.2. The number of nitrogens with one attached hydrogen (secondary N) is 3. The van der Waals surface area contributed by atoms with Crippen LogP contribution in [0.4, 0.5) is 10.8 Å². The molecule has 0 atom stereocenters. The summed E-state index contributed by atoms with van der Waals surface area (Å²) >= 11 is 5.57. The van der Waals surface area contributed by atoms with Crippen molar-refractivity contribution in [2.45, 2.75) is 38.0 Å². The number of nitrogens with zero attached hydrogens (tertiary/aromatic N) is 1. The third-order valence-corrected chi connectivity index (χ3v) is 5.79. The second kappa shape index (κ2) is 11.8. The number of carbonyl (C=O) groups excluding carboxylic acids is 2. The molecule has 6 nitrogen and oxygen atoms in total. The van der Waals surface area contributed by atoms with Gasteiger partial charge in [-0.05, 0) is 67.9 Å². The molecule has 0 spiro atoms. The van der Waals surface area contributed by atoms with Crippen molar-refractivity contribution in [2.75, 3.05) is 23.7 Å². The Balaban J connectivity index is 0.000000360. The first-order valence-electron chi connectivity index (χ1n) is 10.7. The Hall–Kier alpha value is -2.68. The van der Waals surface area contributed by atoms with Crippen LogP contribution in [-0.2, 0) is 11.2 Å². The minimum Gasteiger partial charge on any atom is -0.326 e. The average molecular weight is 469 g/mol. The number of hydrogen-bond donors (Lipinski definition) is 4. The van der Waals surface area contributed by atoms with Crippen molar-refractivity contribution in [3.8, 4) is 11.3 Å². The van der Waals surface area contributed by atoms with Gasteiger partial charge in [-0.1, -0.05) is 19.9 Å². The highest BCUT2D eigenvalue weighted by Gasteiger charge is 2.18. The first kappa shape index (κ1) is 24.0. The molecule has 1 aliphatic rings. The highest BCUT2D eigenvalue weighted by molar-refractivity contribution is 7.80. The summed E-state index contributed by atoms with van der Waals surface area (Å²) < 4.78 is 0. The molecule has 2 amide bonds. The van der Waals surface area contributed by atoms with E-state index >= 15 is 0 Å². The maximum absolute atomic E-state index is 12.2. The highest BCUT2D eigenvalue weighted by atomic mass is 32.1. The molecule has 32 heavy (non-hydrogen) atoms. The van der Waals surface area contributed by atoms with Crippen molar-refractivity contribution in [3.05, 3.63) is 59.0 Å². The second-order valence-electron chi connectivity index (χ2n) is 7.39. The molecule has 2 aromatic carbocycles. The number of benzene rings is 2. The first-order chi connectivity index (χ1) is 15.5. The molecular formula is C24H28N4O2S2. The fourth-order valence-corrected chi connectivity index (χ4v) is 3.98. The Bertz CT molecular complexity index is 1060. The van der Waals surface area contributed by atoms with E-state index in [0.29, 0.717) is 17.1 Å². The number of thiol groups is 1. The second-order valence-corrected chi connectivity index (χ2v) is 8.76. The largest absolute Gasteiger partial charge is 0.326 e. The van der Waals surface area contributed by atoms with Crippen LogP contribution in [-0.4, -0.2) is 29.9 Å². The van der Waals surface area contributed by atoms with Gasteiger partial charge in [-0.15, -0.1) is 24.0 Å². The van der Waals surface area contributed by atoms with Crippen LogP contribution in [0.1, 0.15) is 42.6 Å². The molecule has 2 heterocycles. The summed E-state index contributed by atoms with van der Waals surface area (Å²) in [4.78, 5) is 29.0. The molecular weight excluding hydrogens is 440 g/mol. The Morgan fingerprint density at radius 3 is 2.53 bits per heavy atom. The molecule has 0 bridgehead atoms. The van der Waals surface area contributed by atoms with E-state index in [1.54, 1.807) is 24.3 Å². The molecule has 1 aromatic heterocycles. The molecule has 0 unspecified atom stereocenters. The van der Waals surface area contributed by atoms with Gasteiger partial charge in [0.1, 0.15) is 0 Å². The standard InChI is InChI=1S/C18H13N3O2S2.C6H15N/c22-16-8-12-7-11(3-6-14(12)19-16)15-9-25-18(20-15)21-17(23)10-1-4-13(24)5-2-10;1-3-5-7-6-4-2/h1-7,9,24H,8H2,(H,19,22)(H,20,21,23);7H,3-6H2,1-2H3. The SMILES string of the molecule is CCCNCCC.O=C1Cc2cc(-c3csc(NC(=O)c4ccc(S)cc4)n3)ccc2N1. The van der Waals surface area contributed by atoms with Crippen molar-refractivity contribution in [2.24, 2.45) is 0 Å². The molecule has 0 aliphatic carbocycles. The number of hydrogen-bond acceptors (Lipinski definition) is 6. The molecule has 1 aliphatic heterocycles. The van der Waals surface area contributed by atoms with Crippen molar-refractivity contribution in [1.82, 2.24) is 10.3 Å². The number of amides is 2. The Labute approximate surface area is 198 Å². The van der Waals surface area contributed by atoms with E-state index in [9.17, 15) is 9.59 Å². The predicted molar refractivity (Wildman–Crippen MR) is 135 cm³/mol. The monoisotopic (exact) mass is 468 g/mol. The van der Waals surface area contributed by atoms with Gasteiger partial charge < -0.3 is 10.6 Å². The zero-order chi connectivity index (χ0) is 22.9. The lowest BCUT2D eigenvalue weighted by Crippen LogP contribution is -2.14. The van der Waals surface area contributed by atoms with Crippen LogP contribution in [0.3, 0.4) is 0 Å². The first-order valence-corrected chi connectivity index (χ1v) is 12.0. The minimum atomic E-state index is -0.210. The highest BCUT2D eigenvalue weighted by Crippen LogP contribution is 2.31. The number of thiazole rings is 1. The number of rotatable bonds is 7. The van der Waals surface area contributed by atoms with E-state index in [-0.39, 0.29) is 11.8 Å². The lowest BCUT2D eigenvalue weighted by Gasteiger charge is -2.03. The lowest BCUT2D eigenvalue weighted by molar-refractivity contribution is -0.115. The fraction of sp³-hybridized carbons (Fsp3) is 0.292. The van der Waals surface area contributed by atoms with E-state index in [2.05, 4.69) is 47.4 Å².